The van der Waals surface area contributed by atoms with Crippen LogP contribution in [0.5, 0.6) is 0 Å². The van der Waals surface area contributed by atoms with Gasteiger partial charge in [-0.15, -0.1) is 0 Å². The van der Waals surface area contributed by atoms with E-state index < -0.39 is 10.0 Å². The first kappa shape index (κ1) is 11.7. The molecule has 0 saturated carbocycles. The lowest BCUT2D eigenvalue weighted by Crippen LogP contribution is -2.29. The van der Waals surface area contributed by atoms with Crippen molar-refractivity contribution in [3.63, 3.8) is 0 Å². The van der Waals surface area contributed by atoms with E-state index in [0.29, 0.717) is 5.69 Å². The van der Waals surface area contributed by atoms with Crippen LogP contribution in [0.3, 0.4) is 0 Å². The minimum Gasteiger partial charge on any atom is -0.300 e. The van der Waals surface area contributed by atoms with Gasteiger partial charge in [0.1, 0.15) is 0 Å². The monoisotopic (exact) mass is 226 g/mol. The Morgan fingerprint density at radius 2 is 1.93 bits per heavy atom. The normalized spacial score (nSPS) is 11.0. The van der Waals surface area contributed by atoms with E-state index in [2.05, 4.69) is 11.7 Å². The van der Waals surface area contributed by atoms with Crippen molar-refractivity contribution in [2.24, 2.45) is 4.99 Å². The van der Waals surface area contributed by atoms with E-state index in [1.807, 2.05) is 6.07 Å². The molecule has 0 amide bonds. The summed E-state index contributed by atoms with van der Waals surface area (Å²) < 4.78 is 24.7. The zero-order chi connectivity index (χ0) is 11.3. The highest BCUT2D eigenvalue weighted by molar-refractivity contribution is 7.92. The second-order valence-electron chi connectivity index (χ2n) is 3.07. The van der Waals surface area contributed by atoms with Crippen LogP contribution in [0.1, 0.15) is 0 Å². The number of hydrogen-bond acceptors (Lipinski definition) is 3. The van der Waals surface area contributed by atoms with Crippen molar-refractivity contribution in [1.82, 2.24) is 0 Å². The maximum atomic E-state index is 11.7. The minimum atomic E-state index is -3.28. The van der Waals surface area contributed by atoms with Crippen LogP contribution < -0.4 is 4.31 Å². The second-order valence-corrected chi connectivity index (χ2v) is 5.19. The molecule has 15 heavy (non-hydrogen) atoms. The molecule has 0 spiro atoms. The molecule has 0 N–H and O–H groups in total. The van der Waals surface area contributed by atoms with Gasteiger partial charge in [-0.05, 0) is 18.9 Å². The summed E-state index contributed by atoms with van der Waals surface area (Å²) in [7, 11) is -1.74. The number of benzene rings is 1. The van der Waals surface area contributed by atoms with Gasteiger partial charge in [-0.2, -0.15) is 0 Å². The van der Waals surface area contributed by atoms with Gasteiger partial charge < -0.3 is 0 Å². The maximum Gasteiger partial charge on any atom is 0.236 e. The summed E-state index contributed by atoms with van der Waals surface area (Å²) >= 11 is 0. The fourth-order valence-electron chi connectivity index (χ4n) is 1.12. The zero-order valence-corrected chi connectivity index (χ0v) is 9.44. The van der Waals surface area contributed by atoms with Crippen LogP contribution in [0.4, 0.5) is 5.69 Å². The van der Waals surface area contributed by atoms with Crippen molar-refractivity contribution in [2.75, 3.05) is 23.7 Å². The molecular weight excluding hydrogens is 212 g/mol. The fourth-order valence-corrected chi connectivity index (χ4v) is 2.19. The van der Waals surface area contributed by atoms with Crippen molar-refractivity contribution in [3.05, 3.63) is 30.3 Å². The molecule has 0 aliphatic rings. The van der Waals surface area contributed by atoms with E-state index in [4.69, 9.17) is 0 Å². The summed E-state index contributed by atoms with van der Waals surface area (Å²) in [5, 5.41) is 0. The molecule has 0 heterocycles. The molecule has 0 fully saturated rings. The first-order valence-electron chi connectivity index (χ1n) is 4.52. The average Bonchev–Trinajstić information content (AvgIpc) is 2.26. The number of sulfonamides is 1. The van der Waals surface area contributed by atoms with Gasteiger partial charge in [-0.25, -0.2) is 8.42 Å². The minimum absolute atomic E-state index is 0.0120. The molecule has 0 aromatic heterocycles. The molecule has 4 nitrogen and oxygen atoms in total. The van der Waals surface area contributed by atoms with Crippen LogP contribution in [0.2, 0.25) is 0 Å². The fraction of sp³-hybridized carbons (Fsp3) is 0.300. The first-order chi connectivity index (χ1) is 7.08. The van der Waals surface area contributed by atoms with Crippen molar-refractivity contribution < 1.29 is 8.42 Å². The van der Waals surface area contributed by atoms with Crippen molar-refractivity contribution in [1.29, 1.82) is 0 Å². The van der Waals surface area contributed by atoms with E-state index in [-0.39, 0.29) is 12.3 Å². The number of anilines is 1. The van der Waals surface area contributed by atoms with Gasteiger partial charge in [0.05, 0.1) is 18.0 Å². The topological polar surface area (TPSA) is 49.7 Å². The molecule has 5 heteroatoms. The third-order valence-electron chi connectivity index (χ3n) is 2.04. The Bertz CT molecular complexity index is 414. The summed E-state index contributed by atoms with van der Waals surface area (Å²) in [4.78, 5) is 3.54. The van der Waals surface area contributed by atoms with E-state index >= 15 is 0 Å². The molecule has 0 aliphatic heterocycles. The molecular formula is C10H14N2O2S. The Morgan fingerprint density at radius 1 is 1.33 bits per heavy atom. The molecule has 0 bridgehead atoms. The van der Waals surface area contributed by atoms with Gasteiger partial charge >= 0.3 is 0 Å². The molecule has 0 radical (unpaired) electrons. The summed E-state index contributed by atoms with van der Waals surface area (Å²) in [5.74, 6) is -0.0120. The molecule has 0 unspecified atom stereocenters. The Balaban J connectivity index is 2.85. The highest BCUT2D eigenvalue weighted by atomic mass is 32.2. The maximum absolute atomic E-state index is 11.7. The quantitative estimate of drug-likeness (QED) is 0.707. The van der Waals surface area contributed by atoms with E-state index in [1.165, 1.54) is 11.4 Å². The second kappa shape index (κ2) is 4.93. The van der Waals surface area contributed by atoms with Gasteiger partial charge in [0, 0.05) is 7.05 Å². The summed E-state index contributed by atoms with van der Waals surface area (Å²) in [6, 6.07) is 8.94. The number of para-hydroxylation sites is 1. The Morgan fingerprint density at radius 3 is 2.47 bits per heavy atom. The Labute approximate surface area is 90.3 Å². The lowest BCUT2D eigenvalue weighted by molar-refractivity contribution is 0.594. The molecule has 0 atom stereocenters. The molecule has 1 rings (SSSR count). The molecule has 1 aromatic rings. The van der Waals surface area contributed by atoms with Gasteiger partial charge in [0.15, 0.2) is 0 Å². The number of hydrogen-bond donors (Lipinski definition) is 0. The van der Waals surface area contributed by atoms with E-state index in [0.717, 1.165) is 0 Å². The number of aliphatic imine (C=N–C) groups is 1. The third kappa shape index (κ3) is 3.06. The summed E-state index contributed by atoms with van der Waals surface area (Å²) in [5.41, 5.74) is 0.654. The van der Waals surface area contributed by atoms with E-state index in [1.54, 1.807) is 24.3 Å². The van der Waals surface area contributed by atoms with Crippen LogP contribution in [0, 0.1) is 0 Å². The molecule has 1 aromatic carbocycles. The van der Waals surface area contributed by atoms with Gasteiger partial charge in [-0.3, -0.25) is 9.30 Å². The number of rotatable bonds is 5. The third-order valence-corrected chi connectivity index (χ3v) is 3.79. The van der Waals surface area contributed by atoms with Crippen LogP contribution in [-0.4, -0.2) is 34.5 Å². The smallest absolute Gasteiger partial charge is 0.236 e. The van der Waals surface area contributed by atoms with Crippen LogP contribution >= 0.6 is 0 Å². The predicted molar refractivity (Wildman–Crippen MR) is 63.0 cm³/mol. The number of nitrogens with zero attached hydrogens (tertiary/aromatic N) is 2. The Hall–Kier alpha value is -1.36. The zero-order valence-electron chi connectivity index (χ0n) is 8.63. The van der Waals surface area contributed by atoms with Crippen LogP contribution in [0.15, 0.2) is 35.3 Å². The summed E-state index contributed by atoms with van der Waals surface area (Å²) in [6.45, 7) is 3.48. The SMILES string of the molecule is C=NCCS(=O)(=O)N(C)c1ccccc1. The predicted octanol–water partition coefficient (Wildman–Crippen LogP) is 1.15. The van der Waals surface area contributed by atoms with Crippen LogP contribution in [0.25, 0.3) is 0 Å². The van der Waals surface area contributed by atoms with Gasteiger partial charge in [0.2, 0.25) is 10.0 Å². The van der Waals surface area contributed by atoms with Gasteiger partial charge in [0.25, 0.3) is 0 Å². The average molecular weight is 226 g/mol. The van der Waals surface area contributed by atoms with Crippen LogP contribution in [-0.2, 0) is 10.0 Å². The summed E-state index contributed by atoms with van der Waals surface area (Å²) in [6.07, 6.45) is 0. The lowest BCUT2D eigenvalue weighted by Gasteiger charge is -2.18. The van der Waals surface area contributed by atoms with Crippen molar-refractivity contribution in [2.45, 2.75) is 0 Å². The van der Waals surface area contributed by atoms with Crippen molar-refractivity contribution in [3.8, 4) is 0 Å². The van der Waals surface area contributed by atoms with Crippen molar-refractivity contribution >= 4 is 22.4 Å². The molecule has 0 saturated heterocycles. The largest absolute Gasteiger partial charge is 0.300 e. The lowest BCUT2D eigenvalue weighted by atomic mass is 10.3. The Kier molecular flexibility index (Phi) is 3.85. The van der Waals surface area contributed by atoms with Gasteiger partial charge in [-0.1, -0.05) is 18.2 Å². The highest BCUT2D eigenvalue weighted by Gasteiger charge is 2.16. The molecule has 0 aliphatic carbocycles. The van der Waals surface area contributed by atoms with E-state index in [9.17, 15) is 8.42 Å². The molecule has 82 valence electrons. The first-order valence-corrected chi connectivity index (χ1v) is 6.13. The standard InChI is InChI=1S/C10H14N2O2S/c1-11-8-9-15(13,14)12(2)10-6-4-3-5-7-10/h3-7H,1,8-9H2,2H3. The highest BCUT2D eigenvalue weighted by Crippen LogP contribution is 2.14.